The summed E-state index contributed by atoms with van der Waals surface area (Å²) < 4.78 is 2.62. The fourth-order valence-electron chi connectivity index (χ4n) is 5.98. The van der Waals surface area contributed by atoms with Crippen LogP contribution in [0.2, 0.25) is 0 Å². The molecule has 1 heterocycles. The molecular formula is C38H25NS. The van der Waals surface area contributed by atoms with E-state index in [1.807, 2.05) is 11.3 Å². The van der Waals surface area contributed by atoms with Gasteiger partial charge in [-0.2, -0.15) is 0 Å². The molecule has 1 aromatic heterocycles. The summed E-state index contributed by atoms with van der Waals surface area (Å²) in [7, 11) is 0. The molecule has 0 amide bonds. The van der Waals surface area contributed by atoms with Gasteiger partial charge in [0.05, 0.1) is 0 Å². The van der Waals surface area contributed by atoms with E-state index in [0.29, 0.717) is 0 Å². The number of benzene rings is 7. The van der Waals surface area contributed by atoms with E-state index in [4.69, 9.17) is 0 Å². The third kappa shape index (κ3) is 3.77. The second-order valence-electron chi connectivity index (χ2n) is 10.2. The maximum atomic E-state index is 2.37. The zero-order valence-corrected chi connectivity index (χ0v) is 22.6. The summed E-state index contributed by atoms with van der Waals surface area (Å²) in [5.41, 5.74) is 5.98. The molecule has 0 aliphatic carbocycles. The monoisotopic (exact) mass is 527 g/mol. The fraction of sp³-hybridized carbons (Fsp3) is 0. The Morgan fingerprint density at radius 2 is 1.10 bits per heavy atom. The Balaban J connectivity index is 1.34. The molecule has 188 valence electrons. The van der Waals surface area contributed by atoms with Crippen LogP contribution in [-0.4, -0.2) is 0 Å². The summed E-state index contributed by atoms with van der Waals surface area (Å²) in [5, 5.41) is 7.77. The van der Waals surface area contributed by atoms with Crippen molar-refractivity contribution in [3.63, 3.8) is 0 Å². The highest BCUT2D eigenvalue weighted by Crippen LogP contribution is 2.44. The molecule has 7 aromatic carbocycles. The second kappa shape index (κ2) is 9.37. The van der Waals surface area contributed by atoms with Crippen LogP contribution in [0.1, 0.15) is 0 Å². The number of hydrogen-bond acceptors (Lipinski definition) is 2. The van der Waals surface area contributed by atoms with Gasteiger partial charge in [0.25, 0.3) is 0 Å². The van der Waals surface area contributed by atoms with Gasteiger partial charge in [-0.25, -0.2) is 0 Å². The normalized spacial score (nSPS) is 11.5. The molecule has 8 aromatic rings. The van der Waals surface area contributed by atoms with Crippen molar-refractivity contribution in [2.75, 3.05) is 4.90 Å². The van der Waals surface area contributed by atoms with Crippen molar-refractivity contribution in [2.45, 2.75) is 0 Å². The van der Waals surface area contributed by atoms with Gasteiger partial charge >= 0.3 is 0 Å². The molecule has 0 N–H and O–H groups in total. The van der Waals surface area contributed by atoms with E-state index in [-0.39, 0.29) is 0 Å². The SMILES string of the molecule is c1ccc(N(c2ccccc2)c2ccc3sc4cccc(-c5ccc6c(ccc7ccccc76)c5)c4c3c2)cc1. The minimum absolute atomic E-state index is 1.15. The standard InChI is InChI=1S/C38H25NS/c1-3-11-29(12-4-1)39(30-13-5-2-6-14-30)31-21-23-36-35(25-31)38-34(16-9-17-37(38)40-36)28-20-22-33-27(24-28)19-18-26-10-7-8-15-32(26)33/h1-25H. The lowest BCUT2D eigenvalue weighted by molar-refractivity contribution is 1.29. The molecular weight excluding hydrogens is 502 g/mol. The van der Waals surface area contributed by atoms with Crippen LogP contribution in [0, 0.1) is 0 Å². The lowest BCUT2D eigenvalue weighted by Gasteiger charge is -2.25. The van der Waals surface area contributed by atoms with Crippen molar-refractivity contribution in [1.82, 2.24) is 0 Å². The number of rotatable bonds is 4. The van der Waals surface area contributed by atoms with Crippen LogP contribution >= 0.6 is 11.3 Å². The number of para-hydroxylation sites is 2. The van der Waals surface area contributed by atoms with Crippen molar-refractivity contribution in [2.24, 2.45) is 0 Å². The number of fused-ring (bicyclic) bond motifs is 6. The molecule has 40 heavy (non-hydrogen) atoms. The largest absolute Gasteiger partial charge is 0.310 e. The Labute approximate surface area is 237 Å². The van der Waals surface area contributed by atoms with Gasteiger partial charge in [0.15, 0.2) is 0 Å². The minimum atomic E-state index is 1.15. The predicted octanol–water partition coefficient (Wildman–Crippen LogP) is 11.5. The fourth-order valence-corrected chi connectivity index (χ4v) is 7.09. The maximum Gasteiger partial charge on any atom is 0.0468 e. The summed E-state index contributed by atoms with van der Waals surface area (Å²) in [5.74, 6) is 0. The highest BCUT2D eigenvalue weighted by atomic mass is 32.1. The summed E-state index contributed by atoms with van der Waals surface area (Å²) in [6, 6.07) is 54.9. The molecule has 2 heteroatoms. The third-order valence-corrected chi connectivity index (χ3v) is 8.96. The number of thiophene rings is 1. The van der Waals surface area contributed by atoms with Crippen LogP contribution in [0.15, 0.2) is 152 Å². The molecule has 0 unspecified atom stereocenters. The van der Waals surface area contributed by atoms with Gasteiger partial charge in [0.1, 0.15) is 0 Å². The molecule has 0 fully saturated rings. The summed E-state index contributed by atoms with van der Waals surface area (Å²) in [6.45, 7) is 0. The van der Waals surface area contributed by atoms with Gasteiger partial charge in [-0.1, -0.05) is 97.1 Å². The van der Waals surface area contributed by atoms with Crippen LogP contribution in [0.3, 0.4) is 0 Å². The Bertz CT molecular complexity index is 2120. The zero-order chi connectivity index (χ0) is 26.5. The Morgan fingerprint density at radius 1 is 0.400 bits per heavy atom. The van der Waals surface area contributed by atoms with Gasteiger partial charge in [0.2, 0.25) is 0 Å². The Kier molecular flexibility index (Phi) is 5.39. The van der Waals surface area contributed by atoms with Gasteiger partial charge in [-0.15, -0.1) is 11.3 Å². The van der Waals surface area contributed by atoms with Crippen molar-refractivity contribution < 1.29 is 0 Å². The van der Waals surface area contributed by atoms with Crippen molar-refractivity contribution in [3.05, 3.63) is 152 Å². The van der Waals surface area contributed by atoms with Gasteiger partial charge in [0, 0.05) is 37.2 Å². The average Bonchev–Trinajstić information content (AvgIpc) is 3.40. The van der Waals surface area contributed by atoms with E-state index in [9.17, 15) is 0 Å². The first-order valence-electron chi connectivity index (χ1n) is 13.6. The average molecular weight is 528 g/mol. The van der Waals surface area contributed by atoms with Crippen molar-refractivity contribution >= 4 is 70.1 Å². The molecule has 8 rings (SSSR count). The molecule has 0 aliphatic rings. The topological polar surface area (TPSA) is 3.24 Å². The van der Waals surface area contributed by atoms with E-state index >= 15 is 0 Å². The quantitative estimate of drug-likeness (QED) is 0.206. The van der Waals surface area contributed by atoms with E-state index in [0.717, 1.165) is 17.1 Å². The Hall–Kier alpha value is -4.92. The molecule has 1 nitrogen and oxygen atoms in total. The van der Waals surface area contributed by atoms with E-state index in [2.05, 4.69) is 157 Å². The molecule has 0 bridgehead atoms. The number of anilines is 3. The van der Waals surface area contributed by atoms with Crippen LogP contribution in [0.25, 0.3) is 52.8 Å². The molecule has 0 saturated heterocycles. The lowest BCUT2D eigenvalue weighted by atomic mass is 9.95. The van der Waals surface area contributed by atoms with E-state index < -0.39 is 0 Å². The first kappa shape index (κ1) is 23.0. The highest BCUT2D eigenvalue weighted by Gasteiger charge is 2.16. The van der Waals surface area contributed by atoms with Crippen LogP contribution in [0.5, 0.6) is 0 Å². The lowest BCUT2D eigenvalue weighted by Crippen LogP contribution is -2.09. The molecule has 0 atom stereocenters. The molecule has 0 radical (unpaired) electrons. The molecule has 0 saturated carbocycles. The first-order chi connectivity index (χ1) is 19.8. The maximum absolute atomic E-state index is 2.37. The van der Waals surface area contributed by atoms with Crippen LogP contribution < -0.4 is 4.90 Å². The van der Waals surface area contributed by atoms with Crippen LogP contribution in [-0.2, 0) is 0 Å². The number of hydrogen-bond donors (Lipinski definition) is 0. The minimum Gasteiger partial charge on any atom is -0.310 e. The van der Waals surface area contributed by atoms with Gasteiger partial charge in [-0.05, 0) is 87.3 Å². The third-order valence-electron chi connectivity index (χ3n) is 7.82. The molecule has 0 spiro atoms. The summed E-state index contributed by atoms with van der Waals surface area (Å²) >= 11 is 1.87. The summed E-state index contributed by atoms with van der Waals surface area (Å²) in [6.07, 6.45) is 0. The van der Waals surface area contributed by atoms with Crippen molar-refractivity contribution in [3.8, 4) is 11.1 Å². The van der Waals surface area contributed by atoms with Gasteiger partial charge < -0.3 is 4.90 Å². The van der Waals surface area contributed by atoms with Crippen molar-refractivity contribution in [1.29, 1.82) is 0 Å². The molecule has 0 aliphatic heterocycles. The Morgan fingerprint density at radius 3 is 1.90 bits per heavy atom. The first-order valence-corrected chi connectivity index (χ1v) is 14.4. The second-order valence-corrected chi connectivity index (χ2v) is 11.3. The van der Waals surface area contributed by atoms with Gasteiger partial charge in [-0.3, -0.25) is 0 Å². The predicted molar refractivity (Wildman–Crippen MR) is 174 cm³/mol. The van der Waals surface area contributed by atoms with E-state index in [1.54, 1.807) is 0 Å². The number of nitrogens with zero attached hydrogens (tertiary/aromatic N) is 1. The van der Waals surface area contributed by atoms with Crippen LogP contribution in [0.4, 0.5) is 17.1 Å². The smallest absolute Gasteiger partial charge is 0.0468 e. The van der Waals surface area contributed by atoms with E-state index in [1.165, 1.54) is 52.8 Å². The highest BCUT2D eigenvalue weighted by molar-refractivity contribution is 7.26. The summed E-state index contributed by atoms with van der Waals surface area (Å²) in [4.78, 5) is 2.34. The zero-order valence-electron chi connectivity index (χ0n) is 21.8.